The fourth-order valence-electron chi connectivity index (χ4n) is 1.19. The van der Waals surface area contributed by atoms with Gasteiger partial charge in [0, 0.05) is 11.5 Å². The van der Waals surface area contributed by atoms with Crippen LogP contribution < -0.4 is 0 Å². The predicted molar refractivity (Wildman–Crippen MR) is 63.3 cm³/mol. The lowest BCUT2D eigenvalue weighted by Gasteiger charge is -1.93. The van der Waals surface area contributed by atoms with Crippen LogP contribution in [0, 0.1) is 0 Å². The molecule has 2 rings (SSSR count). The number of furan rings is 1. The fourth-order valence-corrected chi connectivity index (χ4v) is 1.64. The average Bonchev–Trinajstić information content (AvgIpc) is 2.97. The van der Waals surface area contributed by atoms with Crippen LogP contribution >= 0.6 is 11.5 Å². The second-order valence-electron chi connectivity index (χ2n) is 3.08. The molecule has 2 aromatic rings. The van der Waals surface area contributed by atoms with Crippen molar-refractivity contribution in [1.82, 2.24) is 9.59 Å². The van der Waals surface area contributed by atoms with Crippen molar-refractivity contribution in [2.45, 2.75) is 6.92 Å². The van der Waals surface area contributed by atoms with Crippen molar-refractivity contribution in [3.05, 3.63) is 29.3 Å². The van der Waals surface area contributed by atoms with Crippen LogP contribution in [-0.4, -0.2) is 22.2 Å². The summed E-state index contributed by atoms with van der Waals surface area (Å²) in [6.45, 7) is 2.11. The fraction of sp³-hybridized carbons (Fsp3) is 0.182. The number of hydrogen-bond acceptors (Lipinski definition) is 6. The summed E-state index contributed by atoms with van der Waals surface area (Å²) in [4.78, 5) is 11.1. The number of rotatable bonds is 4. The highest BCUT2D eigenvalue weighted by Gasteiger charge is 2.05. The summed E-state index contributed by atoms with van der Waals surface area (Å²) in [5, 5.41) is 5.67. The molecule has 0 aliphatic heterocycles. The average molecular weight is 250 g/mol. The lowest BCUT2D eigenvalue weighted by molar-refractivity contribution is -0.137. The van der Waals surface area contributed by atoms with E-state index in [9.17, 15) is 4.79 Å². The number of ether oxygens (including phenoxy) is 1. The minimum atomic E-state index is -0.388. The Morgan fingerprint density at radius 2 is 2.47 bits per heavy atom. The molecule has 0 saturated heterocycles. The number of esters is 1. The third-order valence-corrected chi connectivity index (χ3v) is 2.41. The molecule has 88 valence electrons. The van der Waals surface area contributed by atoms with Gasteiger partial charge in [-0.05, 0) is 36.7 Å². The van der Waals surface area contributed by atoms with Crippen LogP contribution in [0.15, 0.2) is 28.0 Å². The van der Waals surface area contributed by atoms with E-state index in [2.05, 4.69) is 9.59 Å². The monoisotopic (exact) mass is 250 g/mol. The van der Waals surface area contributed by atoms with Crippen LogP contribution in [0.2, 0.25) is 0 Å². The van der Waals surface area contributed by atoms with Crippen molar-refractivity contribution in [1.29, 1.82) is 0 Å². The van der Waals surface area contributed by atoms with Gasteiger partial charge in [0.05, 0.1) is 6.61 Å². The van der Waals surface area contributed by atoms with Crippen LogP contribution in [-0.2, 0) is 9.53 Å². The van der Waals surface area contributed by atoms with Crippen molar-refractivity contribution < 1.29 is 13.9 Å². The first-order chi connectivity index (χ1) is 8.29. The quantitative estimate of drug-likeness (QED) is 0.615. The third-order valence-electron chi connectivity index (χ3n) is 1.91. The first-order valence-electron chi connectivity index (χ1n) is 5.01. The number of carbonyl (C=O) groups excluding carboxylic acids is 1. The highest BCUT2D eigenvalue weighted by molar-refractivity contribution is 7.03. The van der Waals surface area contributed by atoms with Crippen molar-refractivity contribution >= 4 is 23.6 Å². The van der Waals surface area contributed by atoms with E-state index in [1.807, 2.05) is 0 Å². The highest BCUT2D eigenvalue weighted by atomic mass is 32.1. The molecule has 0 bridgehead atoms. The zero-order valence-electron chi connectivity index (χ0n) is 9.12. The van der Waals surface area contributed by atoms with Gasteiger partial charge in [0.15, 0.2) is 5.76 Å². The maximum Gasteiger partial charge on any atom is 0.330 e. The topological polar surface area (TPSA) is 65.2 Å². The molecule has 6 heteroatoms. The van der Waals surface area contributed by atoms with Crippen LogP contribution in [0.3, 0.4) is 0 Å². The molecule has 2 heterocycles. The highest BCUT2D eigenvalue weighted by Crippen LogP contribution is 2.21. The third kappa shape index (κ3) is 3.01. The normalized spacial score (nSPS) is 10.9. The van der Waals surface area contributed by atoms with Crippen LogP contribution in [0.25, 0.3) is 17.5 Å². The predicted octanol–water partition coefficient (Wildman–Crippen LogP) is 2.37. The molecule has 0 radical (unpaired) electrons. The smallest absolute Gasteiger partial charge is 0.330 e. The SMILES string of the molecule is CCOC(=O)C=Cc1ccc(-c2csnn2)o1. The van der Waals surface area contributed by atoms with E-state index in [-0.39, 0.29) is 5.97 Å². The maximum absolute atomic E-state index is 11.1. The summed E-state index contributed by atoms with van der Waals surface area (Å²) >= 11 is 1.26. The maximum atomic E-state index is 11.1. The van der Waals surface area contributed by atoms with Gasteiger partial charge in [-0.15, -0.1) is 5.10 Å². The molecule has 0 aromatic carbocycles. The molecule has 5 nitrogen and oxygen atoms in total. The molecule has 0 spiro atoms. The first-order valence-corrected chi connectivity index (χ1v) is 5.85. The summed E-state index contributed by atoms with van der Waals surface area (Å²) in [7, 11) is 0. The Hall–Kier alpha value is -1.95. The van der Waals surface area contributed by atoms with E-state index in [0.717, 1.165) is 0 Å². The van der Waals surface area contributed by atoms with Gasteiger partial charge in [0.25, 0.3) is 0 Å². The molecular weight excluding hydrogens is 240 g/mol. The molecule has 0 aliphatic carbocycles. The van der Waals surface area contributed by atoms with Gasteiger partial charge in [-0.25, -0.2) is 4.79 Å². The van der Waals surface area contributed by atoms with Gasteiger partial charge in [0.1, 0.15) is 11.5 Å². The van der Waals surface area contributed by atoms with E-state index in [0.29, 0.717) is 23.8 Å². The molecule has 0 fully saturated rings. The van der Waals surface area contributed by atoms with E-state index in [1.54, 1.807) is 30.5 Å². The summed E-state index contributed by atoms with van der Waals surface area (Å²) in [5.41, 5.74) is 0.686. The summed E-state index contributed by atoms with van der Waals surface area (Å²) < 4.78 is 14.0. The van der Waals surface area contributed by atoms with E-state index in [1.165, 1.54) is 17.6 Å². The largest absolute Gasteiger partial charge is 0.463 e. The van der Waals surface area contributed by atoms with Crippen LogP contribution in [0.4, 0.5) is 0 Å². The molecule has 0 aliphatic rings. The molecular formula is C11H10N2O3S. The van der Waals surface area contributed by atoms with Crippen molar-refractivity contribution in [3.63, 3.8) is 0 Å². The van der Waals surface area contributed by atoms with E-state index in [4.69, 9.17) is 9.15 Å². The Morgan fingerprint density at radius 3 is 3.18 bits per heavy atom. The summed E-state index contributed by atoms with van der Waals surface area (Å²) in [6, 6.07) is 3.53. The molecule has 0 amide bonds. The van der Waals surface area contributed by atoms with Crippen molar-refractivity contribution in [2.75, 3.05) is 6.61 Å². The molecule has 0 atom stereocenters. The Morgan fingerprint density at radius 1 is 1.59 bits per heavy atom. The van der Waals surface area contributed by atoms with Gasteiger partial charge in [-0.1, -0.05) is 4.49 Å². The Balaban J connectivity index is 2.06. The Bertz CT molecular complexity index is 517. The van der Waals surface area contributed by atoms with Gasteiger partial charge < -0.3 is 9.15 Å². The second kappa shape index (κ2) is 5.40. The molecule has 0 N–H and O–H groups in total. The zero-order valence-corrected chi connectivity index (χ0v) is 9.94. The standard InChI is InChI=1S/C11H10N2O3S/c1-2-15-11(14)6-4-8-3-5-10(16-8)9-7-17-13-12-9/h3-7H,2H2,1H3. The minimum Gasteiger partial charge on any atom is -0.463 e. The number of hydrogen-bond donors (Lipinski definition) is 0. The molecule has 17 heavy (non-hydrogen) atoms. The number of nitrogens with zero attached hydrogens (tertiary/aromatic N) is 2. The van der Waals surface area contributed by atoms with Gasteiger partial charge >= 0.3 is 5.97 Å². The van der Waals surface area contributed by atoms with E-state index < -0.39 is 0 Å². The lowest BCUT2D eigenvalue weighted by Crippen LogP contribution is -1.98. The lowest BCUT2D eigenvalue weighted by atomic mass is 10.3. The number of aromatic nitrogens is 2. The summed E-state index contributed by atoms with van der Waals surface area (Å²) in [5.74, 6) is 0.809. The van der Waals surface area contributed by atoms with Crippen LogP contribution in [0.1, 0.15) is 12.7 Å². The second-order valence-corrected chi connectivity index (χ2v) is 3.69. The molecule has 0 unspecified atom stereocenters. The van der Waals surface area contributed by atoms with Gasteiger partial charge in [0.2, 0.25) is 0 Å². The Kier molecular flexibility index (Phi) is 3.66. The van der Waals surface area contributed by atoms with Crippen molar-refractivity contribution in [3.8, 4) is 11.5 Å². The van der Waals surface area contributed by atoms with Gasteiger partial charge in [-0.3, -0.25) is 0 Å². The zero-order chi connectivity index (χ0) is 12.1. The van der Waals surface area contributed by atoms with E-state index >= 15 is 0 Å². The molecule has 0 saturated carbocycles. The minimum absolute atomic E-state index is 0.358. The van der Waals surface area contributed by atoms with Crippen molar-refractivity contribution in [2.24, 2.45) is 0 Å². The Labute approximate surface area is 102 Å². The molecule has 2 aromatic heterocycles. The summed E-state index contributed by atoms with van der Waals surface area (Å²) in [6.07, 6.45) is 2.88. The van der Waals surface area contributed by atoms with Gasteiger partial charge in [-0.2, -0.15) is 0 Å². The number of carbonyl (C=O) groups is 1. The first kappa shape index (κ1) is 11.5. The van der Waals surface area contributed by atoms with Crippen LogP contribution in [0.5, 0.6) is 0 Å².